The maximum absolute atomic E-state index is 14.0. The lowest BCUT2D eigenvalue weighted by molar-refractivity contribution is 0.0304. The molecule has 5 aromatic rings. The van der Waals surface area contributed by atoms with Gasteiger partial charge in [-0.3, -0.25) is 0 Å². The van der Waals surface area contributed by atoms with E-state index in [9.17, 15) is 22.0 Å². The number of rotatable bonds is 12. The first-order valence-electron chi connectivity index (χ1n) is 37.2. The van der Waals surface area contributed by atoms with E-state index in [1.54, 1.807) is 60.7 Å². The Morgan fingerprint density at radius 3 is 0.802 bits per heavy atom. The normalized spacial score (nSPS) is 32.1. The highest BCUT2D eigenvalue weighted by Crippen LogP contribution is 2.63. The van der Waals surface area contributed by atoms with E-state index < -0.39 is 0 Å². The maximum Gasteiger partial charge on any atom is 0.141 e. The largest absolute Gasteiger partial charge is 0.206 e. The Bertz CT molecular complexity index is 3720. The second-order valence-corrected chi connectivity index (χ2v) is 32.8. The van der Waals surface area contributed by atoms with Crippen LogP contribution in [0.2, 0.25) is 0 Å². The van der Waals surface area contributed by atoms with Gasteiger partial charge >= 0.3 is 0 Å². The third kappa shape index (κ3) is 14.3. The number of nitriles is 5. The fraction of sp³-hybridized carbons (Fsp3) is 0.593. The highest BCUT2D eigenvalue weighted by atomic mass is 19.1. The van der Waals surface area contributed by atoms with E-state index in [1.807, 2.05) is 60.7 Å². The van der Waals surface area contributed by atoms with Crippen LogP contribution < -0.4 is 0 Å². The van der Waals surface area contributed by atoms with Gasteiger partial charge in [0.2, 0.25) is 0 Å². The summed E-state index contributed by atoms with van der Waals surface area (Å²) in [7, 11) is 0. The molecule has 15 aliphatic rings. The smallest absolute Gasteiger partial charge is 0.141 e. The summed E-state index contributed by atoms with van der Waals surface area (Å²) in [5.74, 6) is -0.849. The van der Waals surface area contributed by atoms with Gasteiger partial charge in [0.25, 0.3) is 0 Å². The molecule has 15 aliphatic carbocycles. The molecule has 15 fully saturated rings. The highest BCUT2D eigenvalue weighted by molar-refractivity contribution is 5.42. The van der Waals surface area contributed by atoms with Gasteiger partial charge in [-0.1, -0.05) is 90.1 Å². The molecule has 0 spiro atoms. The minimum Gasteiger partial charge on any atom is -0.206 e. The summed E-state index contributed by atoms with van der Waals surface area (Å²) in [5, 5.41) is 44.1. The number of hydrogen-bond donors (Lipinski definition) is 0. The molecule has 0 aromatic heterocycles. The molecule has 0 radical (unpaired) electrons. The second kappa shape index (κ2) is 29.0. The Balaban J connectivity index is 0.000000122. The molecule has 0 saturated heterocycles. The summed E-state index contributed by atoms with van der Waals surface area (Å²) < 4.78 is 69.2. The summed E-state index contributed by atoms with van der Waals surface area (Å²) in [6, 6.07) is 35.7. The average molecular weight is 1300 g/mol. The zero-order valence-electron chi connectivity index (χ0n) is 58.0. The number of benzene rings is 5. The molecule has 0 heterocycles. The predicted octanol–water partition coefficient (Wildman–Crippen LogP) is 23.9. The van der Waals surface area contributed by atoms with Crippen LogP contribution in [0.4, 0.5) is 22.0 Å². The van der Waals surface area contributed by atoms with E-state index in [1.165, 1.54) is 238 Å². The lowest BCUT2D eigenvalue weighted by atomic mass is 9.51. The van der Waals surface area contributed by atoms with Gasteiger partial charge in [0.15, 0.2) is 0 Å². The van der Waals surface area contributed by atoms with Crippen molar-refractivity contribution in [2.45, 2.75) is 292 Å². The van der Waals surface area contributed by atoms with Gasteiger partial charge < -0.3 is 0 Å². The highest BCUT2D eigenvalue weighted by Gasteiger charge is 2.52. The van der Waals surface area contributed by atoms with Crippen LogP contribution in [0.1, 0.15) is 321 Å². The zero-order chi connectivity index (χ0) is 68.0. The van der Waals surface area contributed by atoms with Gasteiger partial charge in [0, 0.05) is 0 Å². The number of hydrogen-bond acceptors (Lipinski definition) is 5. The monoisotopic (exact) mass is 1300 g/mol. The molecule has 0 amide bonds. The molecule has 0 aliphatic heterocycles. The Hall–Kier alpha value is -6.80. The van der Waals surface area contributed by atoms with Gasteiger partial charge in [0.1, 0.15) is 59.4 Å². The first-order valence-corrected chi connectivity index (χ1v) is 37.2. The molecule has 10 bridgehead atoms. The number of unbranched alkanes of at least 4 members (excludes halogenated alkanes) is 2. The topological polar surface area (TPSA) is 119 Å². The number of fused-ring (bicyclic) bond motifs is 15. The third-order valence-electron chi connectivity index (χ3n) is 28.3. The number of nitrogens with zero attached hydrogens (tertiary/aromatic N) is 5. The van der Waals surface area contributed by atoms with Crippen molar-refractivity contribution in [1.82, 2.24) is 0 Å². The zero-order valence-corrected chi connectivity index (χ0v) is 58.0. The van der Waals surface area contributed by atoms with Crippen LogP contribution in [-0.4, -0.2) is 0 Å². The lowest BCUT2D eigenvalue weighted by Gasteiger charge is -2.54. The molecule has 10 heteroatoms. The van der Waals surface area contributed by atoms with Crippen molar-refractivity contribution >= 4 is 0 Å². The standard InChI is InChI=1S/C20H26FN.C18H22FN.C17H20FN.C16H18FN.C15H16FN/c1-2-3-4-7-19-8-11-20(12-9-19,13-10-19)17-6-5-16(15-22)18(21)14-17;1-2-5-17-6-9-18(10-7-17,11-8-17)15-4-3-14(13-20)16(19)12-15;1-2-16-5-8-17(9-6-16,10-7-16)14-4-3-13(12-19)15(18)11-14;1-15-4-7-16(8-5-15,9-6-15)13-3-2-12(11-18)14(17)10-13;16-14-9-13(2-1-12(14)10-17)15-6-3-11(4-7-15)5-8-15/h5-6,14H,2-4,7-13H2,1H3;3-4,12H,2,5-11H2,1H3;3-4,11H,2,5-10H2,1H3;2-3,10H,4-9H2,1H3;1-2,9,11H,3-8H2. The molecule has 0 atom stereocenters. The van der Waals surface area contributed by atoms with Gasteiger partial charge in [-0.15, -0.1) is 0 Å². The van der Waals surface area contributed by atoms with Crippen molar-refractivity contribution in [3.63, 3.8) is 0 Å². The maximum atomic E-state index is 14.0. The minimum atomic E-state index is -0.358. The van der Waals surface area contributed by atoms with Crippen LogP contribution in [0.3, 0.4) is 0 Å². The molecular weight excluding hydrogens is 1200 g/mol. The van der Waals surface area contributed by atoms with Gasteiger partial charge in [-0.25, -0.2) is 22.0 Å². The number of halogens is 5. The van der Waals surface area contributed by atoms with Crippen LogP contribution in [0.5, 0.6) is 0 Å². The van der Waals surface area contributed by atoms with Crippen molar-refractivity contribution in [3.8, 4) is 30.3 Å². The summed E-state index contributed by atoms with van der Waals surface area (Å²) in [4.78, 5) is 0. The van der Waals surface area contributed by atoms with Crippen molar-refractivity contribution in [2.24, 2.45) is 27.6 Å². The Morgan fingerprint density at radius 1 is 0.312 bits per heavy atom. The molecule has 15 saturated carbocycles. The lowest BCUT2D eigenvalue weighted by Crippen LogP contribution is -2.44. The van der Waals surface area contributed by atoms with E-state index in [4.69, 9.17) is 26.3 Å². The predicted molar refractivity (Wildman–Crippen MR) is 371 cm³/mol. The first kappa shape index (κ1) is 70.5. The fourth-order valence-electron chi connectivity index (χ4n) is 20.8. The van der Waals surface area contributed by atoms with E-state index >= 15 is 0 Å². The van der Waals surface area contributed by atoms with E-state index in [2.05, 4.69) is 27.7 Å². The van der Waals surface area contributed by atoms with Crippen molar-refractivity contribution in [2.75, 3.05) is 0 Å². The first-order chi connectivity index (χ1) is 46.2. The average Bonchev–Trinajstić information content (AvgIpc) is 0.771. The molecule has 20 rings (SSSR count). The Kier molecular flexibility index (Phi) is 21.3. The Morgan fingerprint density at radius 2 is 0.562 bits per heavy atom. The van der Waals surface area contributed by atoms with Crippen LogP contribution >= 0.6 is 0 Å². The molecular formula is C86H102F5N5. The summed E-state index contributed by atoms with van der Waals surface area (Å²) >= 11 is 0. The SMILES string of the molecule is CC12CCC(c3ccc(C#N)c(F)c3)(CC1)CC2.CCC12CCC(c3ccc(C#N)c(F)c3)(CC1)CC2.CCCC12CCC(c3ccc(C#N)c(F)c3)(CC1)CC2.CCCCCC12CCC(c3ccc(C#N)c(F)c3)(CC1)CC2.N#Cc1ccc(C23CCC(CC2)CC3)cc1F. The second-order valence-electron chi connectivity index (χ2n) is 32.8. The Labute approximate surface area is 571 Å². The summed E-state index contributed by atoms with van der Waals surface area (Å²) in [5.41, 5.74) is 9.65. The fourth-order valence-corrected chi connectivity index (χ4v) is 20.8. The van der Waals surface area contributed by atoms with E-state index in [-0.39, 0.29) is 84.0 Å². The minimum absolute atomic E-state index is 0.159. The van der Waals surface area contributed by atoms with Gasteiger partial charge in [-0.05, 0) is 349 Å². The van der Waals surface area contributed by atoms with Crippen molar-refractivity contribution in [1.29, 1.82) is 26.3 Å². The molecule has 0 unspecified atom stereocenters. The van der Waals surface area contributed by atoms with Crippen molar-refractivity contribution < 1.29 is 22.0 Å². The summed E-state index contributed by atoms with van der Waals surface area (Å²) in [6.45, 7) is 9.24. The van der Waals surface area contributed by atoms with Gasteiger partial charge in [0.05, 0.1) is 27.8 Å². The van der Waals surface area contributed by atoms with Gasteiger partial charge in [-0.2, -0.15) is 26.3 Å². The quantitative estimate of drug-likeness (QED) is 0.0910. The van der Waals surface area contributed by atoms with Crippen LogP contribution in [0.15, 0.2) is 91.0 Å². The van der Waals surface area contributed by atoms with Crippen LogP contribution in [0.25, 0.3) is 0 Å². The third-order valence-corrected chi connectivity index (χ3v) is 28.3. The molecule has 0 N–H and O–H groups in total. The molecule has 5 nitrogen and oxygen atoms in total. The molecule has 96 heavy (non-hydrogen) atoms. The van der Waals surface area contributed by atoms with E-state index in [0.29, 0.717) is 21.7 Å². The van der Waals surface area contributed by atoms with Crippen LogP contribution in [-0.2, 0) is 27.1 Å². The van der Waals surface area contributed by atoms with Crippen LogP contribution in [0, 0.1) is 113 Å². The summed E-state index contributed by atoms with van der Waals surface area (Å²) in [6.07, 6.45) is 46.5. The molecule has 506 valence electrons. The molecule has 5 aromatic carbocycles. The van der Waals surface area contributed by atoms with E-state index in [0.717, 1.165) is 33.7 Å². The van der Waals surface area contributed by atoms with Crippen molar-refractivity contribution in [3.05, 3.63) is 176 Å².